The van der Waals surface area contributed by atoms with Gasteiger partial charge in [-0.2, -0.15) is 10.5 Å². The van der Waals surface area contributed by atoms with Gasteiger partial charge in [-0.05, 0) is 36.8 Å². The first kappa shape index (κ1) is 14.1. The Labute approximate surface area is 126 Å². The molecule has 0 aliphatic heterocycles. The zero-order valence-corrected chi connectivity index (χ0v) is 12.5. The molecule has 1 atom stereocenters. The molecular weight excluding hydrogens is 314 g/mol. The summed E-state index contributed by atoms with van der Waals surface area (Å²) < 4.78 is 0.998. The number of benzene rings is 2. The number of para-hydroxylation sites is 1. The van der Waals surface area contributed by atoms with Crippen molar-refractivity contribution in [2.24, 2.45) is 0 Å². The highest BCUT2D eigenvalue weighted by atomic mass is 79.9. The number of nitrogens with one attached hydrogen (secondary N) is 1. The van der Waals surface area contributed by atoms with Crippen LogP contribution in [0.5, 0.6) is 0 Å². The molecule has 2 rings (SSSR count). The Kier molecular flexibility index (Phi) is 4.40. The molecule has 0 aliphatic carbocycles. The molecule has 0 heterocycles. The number of hydrogen-bond acceptors (Lipinski definition) is 3. The highest BCUT2D eigenvalue weighted by Crippen LogP contribution is 2.26. The fraction of sp³-hybridized carbons (Fsp3) is 0.125. The van der Waals surface area contributed by atoms with E-state index in [4.69, 9.17) is 10.5 Å². The highest BCUT2D eigenvalue weighted by Gasteiger charge is 2.12. The van der Waals surface area contributed by atoms with Gasteiger partial charge in [0.25, 0.3) is 0 Å². The predicted molar refractivity (Wildman–Crippen MR) is 82.1 cm³/mol. The van der Waals surface area contributed by atoms with E-state index in [1.807, 2.05) is 31.2 Å². The second-order valence-electron chi connectivity index (χ2n) is 4.37. The molecule has 3 nitrogen and oxygen atoms in total. The number of anilines is 1. The first-order valence-electron chi connectivity index (χ1n) is 6.11. The molecular formula is C16H12BrN3. The quantitative estimate of drug-likeness (QED) is 0.911. The van der Waals surface area contributed by atoms with Gasteiger partial charge in [-0.1, -0.05) is 34.1 Å². The lowest BCUT2D eigenvalue weighted by Crippen LogP contribution is -2.09. The fourth-order valence-electron chi connectivity index (χ4n) is 1.97. The fourth-order valence-corrected chi connectivity index (χ4v) is 2.39. The second kappa shape index (κ2) is 6.23. The molecule has 0 spiro atoms. The molecule has 1 N–H and O–H groups in total. The Bertz CT molecular complexity index is 678. The summed E-state index contributed by atoms with van der Waals surface area (Å²) in [4.78, 5) is 0. The maximum atomic E-state index is 9.16. The number of hydrogen-bond donors (Lipinski definition) is 1. The minimum absolute atomic E-state index is 0.00546. The molecule has 0 aliphatic rings. The third-order valence-electron chi connectivity index (χ3n) is 3.01. The van der Waals surface area contributed by atoms with Gasteiger partial charge < -0.3 is 5.32 Å². The van der Waals surface area contributed by atoms with Crippen LogP contribution in [-0.4, -0.2) is 0 Å². The van der Waals surface area contributed by atoms with E-state index >= 15 is 0 Å². The largest absolute Gasteiger partial charge is 0.376 e. The lowest BCUT2D eigenvalue weighted by Gasteiger charge is -2.18. The molecule has 0 amide bonds. The summed E-state index contributed by atoms with van der Waals surface area (Å²) in [6.45, 7) is 2.00. The summed E-state index contributed by atoms with van der Waals surface area (Å²) >= 11 is 3.44. The number of halogens is 1. The number of nitriles is 2. The molecule has 98 valence electrons. The van der Waals surface area contributed by atoms with E-state index in [2.05, 4.69) is 33.4 Å². The molecule has 20 heavy (non-hydrogen) atoms. The Morgan fingerprint density at radius 2 is 1.65 bits per heavy atom. The van der Waals surface area contributed by atoms with Crippen molar-refractivity contribution in [2.75, 3.05) is 5.32 Å². The Morgan fingerprint density at radius 1 is 1.05 bits per heavy atom. The zero-order valence-electron chi connectivity index (χ0n) is 10.9. The van der Waals surface area contributed by atoms with Crippen molar-refractivity contribution < 1.29 is 0 Å². The lowest BCUT2D eigenvalue weighted by atomic mass is 10.0. The maximum absolute atomic E-state index is 9.16. The van der Waals surface area contributed by atoms with Crippen LogP contribution in [-0.2, 0) is 0 Å². The summed E-state index contributed by atoms with van der Waals surface area (Å²) in [7, 11) is 0. The van der Waals surface area contributed by atoms with Crippen molar-refractivity contribution in [1.29, 1.82) is 10.5 Å². The predicted octanol–water partition coefficient (Wildman–Crippen LogP) is 4.37. The first-order valence-corrected chi connectivity index (χ1v) is 6.90. The van der Waals surface area contributed by atoms with Crippen LogP contribution >= 0.6 is 15.9 Å². The molecule has 2 aromatic carbocycles. The smallest absolute Gasteiger partial charge is 0.101 e. The minimum Gasteiger partial charge on any atom is -0.376 e. The summed E-state index contributed by atoms with van der Waals surface area (Å²) in [6, 6.07) is 17.3. The maximum Gasteiger partial charge on any atom is 0.101 e. The molecule has 0 aromatic heterocycles. The normalized spacial score (nSPS) is 11.2. The molecule has 2 aromatic rings. The van der Waals surface area contributed by atoms with Gasteiger partial charge in [0.2, 0.25) is 0 Å². The van der Waals surface area contributed by atoms with Crippen molar-refractivity contribution >= 4 is 21.6 Å². The van der Waals surface area contributed by atoms with Gasteiger partial charge >= 0.3 is 0 Å². The Morgan fingerprint density at radius 3 is 2.20 bits per heavy atom. The number of nitrogens with zero attached hydrogens (tertiary/aromatic N) is 2. The minimum atomic E-state index is -0.00546. The average molecular weight is 326 g/mol. The van der Waals surface area contributed by atoms with Crippen LogP contribution in [0.2, 0.25) is 0 Å². The van der Waals surface area contributed by atoms with Crippen LogP contribution in [0.4, 0.5) is 5.69 Å². The molecule has 0 fully saturated rings. The van der Waals surface area contributed by atoms with Gasteiger partial charge in [0.05, 0.1) is 16.8 Å². The Hall–Kier alpha value is -2.30. The summed E-state index contributed by atoms with van der Waals surface area (Å²) in [5, 5.41) is 21.6. The third-order valence-corrected chi connectivity index (χ3v) is 3.51. The summed E-state index contributed by atoms with van der Waals surface area (Å²) in [6.07, 6.45) is 0. The van der Waals surface area contributed by atoms with Crippen molar-refractivity contribution in [3.8, 4) is 12.1 Å². The van der Waals surface area contributed by atoms with Gasteiger partial charge in [0, 0.05) is 10.5 Å². The van der Waals surface area contributed by atoms with Crippen molar-refractivity contribution in [1.82, 2.24) is 0 Å². The van der Waals surface area contributed by atoms with Crippen LogP contribution < -0.4 is 5.32 Å². The molecule has 0 bridgehead atoms. The third kappa shape index (κ3) is 2.99. The standard InChI is InChI=1S/C16H12BrN3/c1-11(12-4-3-7-15(17)8-12)20-16-13(9-18)5-2-6-14(16)10-19/h2-8,11,20H,1H3. The van der Waals surface area contributed by atoms with Crippen molar-refractivity contribution in [3.63, 3.8) is 0 Å². The van der Waals surface area contributed by atoms with Gasteiger partial charge in [-0.25, -0.2) is 0 Å². The van der Waals surface area contributed by atoms with E-state index in [0.717, 1.165) is 10.0 Å². The monoisotopic (exact) mass is 325 g/mol. The average Bonchev–Trinajstić information content (AvgIpc) is 2.47. The zero-order chi connectivity index (χ0) is 14.5. The molecule has 0 radical (unpaired) electrons. The Balaban J connectivity index is 2.35. The van der Waals surface area contributed by atoms with E-state index in [-0.39, 0.29) is 6.04 Å². The highest BCUT2D eigenvalue weighted by molar-refractivity contribution is 9.10. The molecule has 0 saturated heterocycles. The van der Waals surface area contributed by atoms with Crippen LogP contribution in [0, 0.1) is 22.7 Å². The van der Waals surface area contributed by atoms with Crippen molar-refractivity contribution in [3.05, 3.63) is 63.6 Å². The first-order chi connectivity index (χ1) is 9.65. The van der Waals surface area contributed by atoms with Crippen LogP contribution in [0.3, 0.4) is 0 Å². The SMILES string of the molecule is CC(Nc1c(C#N)cccc1C#N)c1cccc(Br)c1. The van der Waals surface area contributed by atoms with Crippen LogP contribution in [0.25, 0.3) is 0 Å². The van der Waals surface area contributed by atoms with E-state index in [0.29, 0.717) is 16.8 Å². The van der Waals surface area contributed by atoms with Gasteiger partial charge in [-0.15, -0.1) is 0 Å². The van der Waals surface area contributed by atoms with E-state index in [1.165, 1.54) is 0 Å². The van der Waals surface area contributed by atoms with Crippen LogP contribution in [0.1, 0.15) is 29.7 Å². The summed E-state index contributed by atoms with van der Waals surface area (Å²) in [5.41, 5.74) is 2.62. The molecule has 4 heteroatoms. The second-order valence-corrected chi connectivity index (χ2v) is 5.29. The number of rotatable bonds is 3. The van der Waals surface area contributed by atoms with Gasteiger partial charge in [-0.3, -0.25) is 0 Å². The summed E-state index contributed by atoms with van der Waals surface area (Å²) in [5.74, 6) is 0. The van der Waals surface area contributed by atoms with E-state index < -0.39 is 0 Å². The van der Waals surface area contributed by atoms with Gasteiger partial charge in [0.1, 0.15) is 12.1 Å². The topological polar surface area (TPSA) is 59.6 Å². The molecule has 0 saturated carbocycles. The lowest BCUT2D eigenvalue weighted by molar-refractivity contribution is 0.882. The van der Waals surface area contributed by atoms with E-state index in [1.54, 1.807) is 18.2 Å². The van der Waals surface area contributed by atoms with Crippen LogP contribution in [0.15, 0.2) is 46.9 Å². The van der Waals surface area contributed by atoms with E-state index in [9.17, 15) is 0 Å². The molecule has 1 unspecified atom stereocenters. The van der Waals surface area contributed by atoms with Gasteiger partial charge in [0.15, 0.2) is 0 Å². The van der Waals surface area contributed by atoms with Crippen molar-refractivity contribution in [2.45, 2.75) is 13.0 Å².